The summed E-state index contributed by atoms with van der Waals surface area (Å²) < 4.78 is 40.0. The summed E-state index contributed by atoms with van der Waals surface area (Å²) in [5.41, 5.74) is 5.46. The van der Waals surface area contributed by atoms with Crippen LogP contribution in [0.15, 0.2) is 23.1 Å². The first-order valence-corrected chi connectivity index (χ1v) is 7.59. The Bertz CT molecular complexity index is 633. The second kappa shape index (κ2) is 5.47. The fourth-order valence-electron chi connectivity index (χ4n) is 2.06. The van der Waals surface area contributed by atoms with Crippen LogP contribution in [0.2, 0.25) is 0 Å². The lowest BCUT2D eigenvalue weighted by Gasteiger charge is -2.13. The molecule has 8 heteroatoms. The van der Waals surface area contributed by atoms with E-state index in [4.69, 9.17) is 5.73 Å². The van der Waals surface area contributed by atoms with Crippen molar-refractivity contribution in [1.82, 2.24) is 9.62 Å². The molecule has 20 heavy (non-hydrogen) atoms. The normalized spacial score (nSPS) is 19.6. The quantitative estimate of drug-likeness (QED) is 0.805. The smallest absolute Gasteiger partial charge is 0.241 e. The fraction of sp³-hybridized carbons (Fsp3) is 0.417. The summed E-state index contributed by atoms with van der Waals surface area (Å²) in [6.45, 7) is 0.407. The van der Waals surface area contributed by atoms with Crippen LogP contribution in [0.1, 0.15) is 12.0 Å². The van der Waals surface area contributed by atoms with Crippen LogP contribution in [0.5, 0.6) is 0 Å². The van der Waals surface area contributed by atoms with Gasteiger partial charge < -0.3 is 10.6 Å². The molecular weight excluding hydrogens is 285 g/mol. The number of hydrogen-bond acceptors (Lipinski definition) is 4. The van der Waals surface area contributed by atoms with Gasteiger partial charge in [0.1, 0.15) is 11.9 Å². The number of sulfonamides is 1. The van der Waals surface area contributed by atoms with Crippen LogP contribution in [0.3, 0.4) is 0 Å². The number of amides is 1. The summed E-state index contributed by atoms with van der Waals surface area (Å²) in [6.07, 6.45) is 0.416. The minimum atomic E-state index is -3.87. The third kappa shape index (κ3) is 2.82. The lowest BCUT2D eigenvalue weighted by molar-refractivity contribution is -0.127. The standard InChI is InChI=1S/C12H16FN3O3S/c1-16-5-4-11(12(16)17)15-20(18,19)9-2-3-10(13)8(6-9)7-14/h2-3,6,11,15H,4-5,7,14H2,1H3. The van der Waals surface area contributed by atoms with Crippen molar-refractivity contribution in [3.8, 4) is 0 Å². The van der Waals surface area contributed by atoms with Crippen molar-refractivity contribution in [2.75, 3.05) is 13.6 Å². The van der Waals surface area contributed by atoms with Gasteiger partial charge in [0, 0.05) is 25.7 Å². The van der Waals surface area contributed by atoms with Gasteiger partial charge in [0.15, 0.2) is 0 Å². The predicted octanol–water partition coefficient (Wildman–Crippen LogP) is -0.207. The molecule has 0 spiro atoms. The van der Waals surface area contributed by atoms with Crippen LogP contribution in [-0.4, -0.2) is 38.9 Å². The van der Waals surface area contributed by atoms with Crippen LogP contribution in [-0.2, 0) is 21.4 Å². The van der Waals surface area contributed by atoms with E-state index in [-0.39, 0.29) is 22.9 Å². The van der Waals surface area contributed by atoms with Gasteiger partial charge in [-0.3, -0.25) is 4.79 Å². The third-order valence-corrected chi connectivity index (χ3v) is 4.74. The molecule has 110 valence electrons. The molecule has 1 amide bonds. The van der Waals surface area contributed by atoms with E-state index >= 15 is 0 Å². The Kier molecular flexibility index (Phi) is 4.07. The van der Waals surface area contributed by atoms with Crippen molar-refractivity contribution >= 4 is 15.9 Å². The number of carbonyl (C=O) groups excluding carboxylic acids is 1. The molecule has 6 nitrogen and oxygen atoms in total. The van der Waals surface area contributed by atoms with E-state index in [9.17, 15) is 17.6 Å². The van der Waals surface area contributed by atoms with E-state index < -0.39 is 21.9 Å². The maximum Gasteiger partial charge on any atom is 0.241 e. The lowest BCUT2D eigenvalue weighted by atomic mass is 10.2. The molecule has 0 radical (unpaired) electrons. The van der Waals surface area contributed by atoms with E-state index in [0.29, 0.717) is 13.0 Å². The van der Waals surface area contributed by atoms with Gasteiger partial charge in [0.05, 0.1) is 4.90 Å². The molecule has 0 aliphatic carbocycles. The van der Waals surface area contributed by atoms with Crippen LogP contribution < -0.4 is 10.5 Å². The van der Waals surface area contributed by atoms with Crippen molar-refractivity contribution in [2.45, 2.75) is 23.9 Å². The second-order valence-electron chi connectivity index (χ2n) is 4.68. The van der Waals surface area contributed by atoms with Gasteiger partial charge in [-0.1, -0.05) is 0 Å². The number of halogens is 1. The number of likely N-dealkylation sites (tertiary alicyclic amines) is 1. The molecule has 2 rings (SSSR count). The van der Waals surface area contributed by atoms with Crippen LogP contribution >= 0.6 is 0 Å². The molecule has 3 N–H and O–H groups in total. The van der Waals surface area contributed by atoms with E-state index in [2.05, 4.69) is 4.72 Å². The SMILES string of the molecule is CN1CCC(NS(=O)(=O)c2ccc(F)c(CN)c2)C1=O. The minimum absolute atomic E-state index is 0.0956. The fourth-order valence-corrected chi connectivity index (χ4v) is 3.34. The Balaban J connectivity index is 2.25. The Morgan fingerprint density at radius 2 is 2.20 bits per heavy atom. The van der Waals surface area contributed by atoms with Crippen molar-refractivity contribution in [2.24, 2.45) is 5.73 Å². The summed E-state index contributed by atoms with van der Waals surface area (Å²) in [7, 11) is -2.26. The van der Waals surface area contributed by atoms with Gasteiger partial charge in [0.25, 0.3) is 0 Å². The van der Waals surface area contributed by atoms with Crippen molar-refractivity contribution in [3.63, 3.8) is 0 Å². The zero-order chi connectivity index (χ0) is 14.9. The molecular formula is C12H16FN3O3S. The van der Waals surface area contributed by atoms with Crippen molar-refractivity contribution in [1.29, 1.82) is 0 Å². The molecule has 1 aliphatic rings. The average Bonchev–Trinajstić information content (AvgIpc) is 2.70. The average molecular weight is 301 g/mol. The molecule has 0 bridgehead atoms. The monoisotopic (exact) mass is 301 g/mol. The number of hydrogen-bond donors (Lipinski definition) is 2. The summed E-state index contributed by atoms with van der Waals surface area (Å²) >= 11 is 0. The largest absolute Gasteiger partial charge is 0.344 e. The molecule has 0 saturated carbocycles. The predicted molar refractivity (Wildman–Crippen MR) is 70.7 cm³/mol. The van der Waals surface area contributed by atoms with E-state index in [1.54, 1.807) is 7.05 Å². The summed E-state index contributed by atoms with van der Waals surface area (Å²) in [5.74, 6) is -0.821. The van der Waals surface area contributed by atoms with E-state index in [1.807, 2.05) is 0 Å². The Hall–Kier alpha value is -1.51. The van der Waals surface area contributed by atoms with Gasteiger partial charge in [-0.2, -0.15) is 4.72 Å². The number of nitrogens with zero attached hydrogens (tertiary/aromatic N) is 1. The van der Waals surface area contributed by atoms with E-state index in [0.717, 1.165) is 12.1 Å². The molecule has 1 atom stereocenters. The molecule has 1 aliphatic heterocycles. The number of rotatable bonds is 4. The Morgan fingerprint density at radius 3 is 2.75 bits per heavy atom. The topological polar surface area (TPSA) is 92.5 Å². The van der Waals surface area contributed by atoms with E-state index in [1.165, 1.54) is 11.0 Å². The summed E-state index contributed by atoms with van der Waals surface area (Å²) in [6, 6.07) is 2.62. The highest BCUT2D eigenvalue weighted by Crippen LogP contribution is 2.17. The number of benzene rings is 1. The highest BCUT2D eigenvalue weighted by atomic mass is 32.2. The Morgan fingerprint density at radius 1 is 1.50 bits per heavy atom. The van der Waals surface area contributed by atoms with Crippen LogP contribution in [0.4, 0.5) is 4.39 Å². The molecule has 1 fully saturated rings. The molecule has 1 heterocycles. The minimum Gasteiger partial charge on any atom is -0.344 e. The molecule has 0 aromatic heterocycles. The van der Waals surface area contributed by atoms with Crippen molar-refractivity contribution in [3.05, 3.63) is 29.6 Å². The second-order valence-corrected chi connectivity index (χ2v) is 6.39. The molecule has 1 saturated heterocycles. The first kappa shape index (κ1) is 14.9. The zero-order valence-corrected chi connectivity index (χ0v) is 11.8. The van der Waals surface area contributed by atoms with Gasteiger partial charge in [0.2, 0.25) is 15.9 Å². The maximum absolute atomic E-state index is 13.3. The third-order valence-electron chi connectivity index (χ3n) is 3.27. The number of likely N-dealkylation sites (N-methyl/N-ethyl adjacent to an activating group) is 1. The highest BCUT2D eigenvalue weighted by Gasteiger charge is 2.33. The highest BCUT2D eigenvalue weighted by molar-refractivity contribution is 7.89. The lowest BCUT2D eigenvalue weighted by Crippen LogP contribution is -2.40. The van der Waals surface area contributed by atoms with Crippen molar-refractivity contribution < 1.29 is 17.6 Å². The summed E-state index contributed by atoms with van der Waals surface area (Å²) in [4.78, 5) is 13.1. The first-order chi connectivity index (χ1) is 9.35. The first-order valence-electron chi connectivity index (χ1n) is 6.11. The maximum atomic E-state index is 13.3. The van der Waals surface area contributed by atoms with Crippen LogP contribution in [0.25, 0.3) is 0 Å². The number of nitrogens with two attached hydrogens (primary N) is 1. The molecule has 1 aromatic rings. The molecule has 1 unspecified atom stereocenters. The Labute approximate surface area is 116 Å². The van der Waals surface area contributed by atoms with Gasteiger partial charge in [-0.15, -0.1) is 0 Å². The number of nitrogens with one attached hydrogen (secondary N) is 1. The van der Waals surface area contributed by atoms with Gasteiger partial charge in [-0.05, 0) is 24.6 Å². The zero-order valence-electron chi connectivity index (χ0n) is 11.0. The van der Waals surface area contributed by atoms with Crippen LogP contribution in [0, 0.1) is 5.82 Å². The number of carbonyl (C=O) groups is 1. The summed E-state index contributed by atoms with van der Waals surface area (Å²) in [5, 5.41) is 0. The van der Waals surface area contributed by atoms with Gasteiger partial charge >= 0.3 is 0 Å². The molecule has 1 aromatic carbocycles. The van der Waals surface area contributed by atoms with Gasteiger partial charge in [-0.25, -0.2) is 12.8 Å².